The average molecular weight is 403 g/mol. The van der Waals surface area contributed by atoms with Crippen LogP contribution in [0.1, 0.15) is 31.4 Å². The number of hydrogen-bond donors (Lipinski definition) is 1. The van der Waals surface area contributed by atoms with E-state index in [-0.39, 0.29) is 17.9 Å². The predicted molar refractivity (Wildman–Crippen MR) is 107 cm³/mol. The summed E-state index contributed by atoms with van der Waals surface area (Å²) in [7, 11) is -1.88. The van der Waals surface area contributed by atoms with E-state index in [1.807, 2.05) is 31.2 Å². The topological polar surface area (TPSA) is 75.7 Å². The third-order valence-corrected chi connectivity index (χ3v) is 7.09. The van der Waals surface area contributed by atoms with Crippen LogP contribution < -0.4 is 10.1 Å². The van der Waals surface area contributed by atoms with Crippen molar-refractivity contribution in [2.45, 2.75) is 30.7 Å². The molecule has 0 aliphatic carbocycles. The second kappa shape index (κ2) is 8.75. The van der Waals surface area contributed by atoms with Gasteiger partial charge < -0.3 is 10.1 Å². The highest BCUT2D eigenvalue weighted by Gasteiger charge is 2.32. The standard InChI is InChI=1S/C21H26N2O4S/c1-16(17-8-10-19(27-2)11-9-17)22-21(24)18-12-14-23(15-13-18)28(25,26)20-6-4-3-5-7-20/h3-11,16,18H,12-15H2,1-2H3,(H,22,24). The minimum atomic E-state index is -3.49. The number of ether oxygens (including phenoxy) is 1. The van der Waals surface area contributed by atoms with E-state index < -0.39 is 10.0 Å². The molecule has 6 nitrogen and oxygen atoms in total. The van der Waals surface area contributed by atoms with Crippen molar-refractivity contribution in [3.8, 4) is 5.75 Å². The molecule has 28 heavy (non-hydrogen) atoms. The molecule has 0 radical (unpaired) electrons. The second-order valence-corrected chi connectivity index (χ2v) is 8.93. The molecule has 1 amide bonds. The van der Waals surface area contributed by atoms with E-state index in [4.69, 9.17) is 4.74 Å². The summed E-state index contributed by atoms with van der Waals surface area (Å²) in [6, 6.07) is 15.9. The molecule has 0 bridgehead atoms. The average Bonchev–Trinajstić information content (AvgIpc) is 2.74. The number of hydrogen-bond acceptors (Lipinski definition) is 4. The summed E-state index contributed by atoms with van der Waals surface area (Å²) in [6.07, 6.45) is 1.04. The normalized spacial score (nSPS) is 17.1. The maximum absolute atomic E-state index is 12.7. The number of piperidine rings is 1. The molecule has 2 aromatic carbocycles. The fraction of sp³-hybridized carbons (Fsp3) is 0.381. The van der Waals surface area contributed by atoms with E-state index in [1.54, 1.807) is 37.4 Å². The van der Waals surface area contributed by atoms with Crippen LogP contribution in [-0.2, 0) is 14.8 Å². The smallest absolute Gasteiger partial charge is 0.243 e. The van der Waals surface area contributed by atoms with Gasteiger partial charge in [-0.3, -0.25) is 4.79 Å². The largest absolute Gasteiger partial charge is 0.497 e. The number of benzene rings is 2. The number of carbonyl (C=O) groups excluding carboxylic acids is 1. The summed E-state index contributed by atoms with van der Waals surface area (Å²) in [5, 5.41) is 3.04. The molecule has 7 heteroatoms. The van der Waals surface area contributed by atoms with Crippen molar-refractivity contribution in [1.82, 2.24) is 9.62 Å². The number of carbonyl (C=O) groups is 1. The lowest BCUT2D eigenvalue weighted by Crippen LogP contribution is -2.43. The maximum Gasteiger partial charge on any atom is 0.243 e. The van der Waals surface area contributed by atoms with Crippen LogP contribution in [0, 0.1) is 5.92 Å². The first-order valence-corrected chi connectivity index (χ1v) is 10.9. The van der Waals surface area contributed by atoms with Gasteiger partial charge in [-0.2, -0.15) is 4.31 Å². The van der Waals surface area contributed by atoms with Crippen molar-refractivity contribution in [2.75, 3.05) is 20.2 Å². The zero-order valence-electron chi connectivity index (χ0n) is 16.2. The van der Waals surface area contributed by atoms with Crippen molar-refractivity contribution < 1.29 is 17.9 Å². The first-order valence-electron chi connectivity index (χ1n) is 9.41. The Balaban J connectivity index is 1.56. The second-order valence-electron chi connectivity index (χ2n) is 6.99. The van der Waals surface area contributed by atoms with Crippen molar-refractivity contribution in [3.63, 3.8) is 0 Å². The molecule has 1 aliphatic rings. The zero-order chi connectivity index (χ0) is 20.1. The highest BCUT2D eigenvalue weighted by atomic mass is 32.2. The molecule has 1 fully saturated rings. The van der Waals surface area contributed by atoms with E-state index in [2.05, 4.69) is 5.32 Å². The van der Waals surface area contributed by atoms with Crippen LogP contribution in [0.25, 0.3) is 0 Å². The molecular formula is C21H26N2O4S. The van der Waals surface area contributed by atoms with Gasteiger partial charge in [-0.05, 0) is 49.6 Å². The molecule has 1 atom stereocenters. The van der Waals surface area contributed by atoms with Gasteiger partial charge in [0.05, 0.1) is 18.0 Å². The Morgan fingerprint density at radius 3 is 2.25 bits per heavy atom. The van der Waals surface area contributed by atoms with Gasteiger partial charge in [0.1, 0.15) is 5.75 Å². The van der Waals surface area contributed by atoms with Crippen LogP contribution in [0.15, 0.2) is 59.5 Å². The monoisotopic (exact) mass is 402 g/mol. The molecule has 1 N–H and O–H groups in total. The summed E-state index contributed by atoms with van der Waals surface area (Å²) in [5.74, 6) is 0.567. The third-order valence-electron chi connectivity index (χ3n) is 5.18. The van der Waals surface area contributed by atoms with Crippen LogP contribution in [0.3, 0.4) is 0 Å². The molecule has 3 rings (SSSR count). The van der Waals surface area contributed by atoms with Gasteiger partial charge in [-0.25, -0.2) is 8.42 Å². The van der Waals surface area contributed by atoms with E-state index in [0.717, 1.165) is 11.3 Å². The van der Waals surface area contributed by atoms with Crippen LogP contribution in [0.2, 0.25) is 0 Å². The summed E-state index contributed by atoms with van der Waals surface area (Å²) < 4.78 is 32.0. The highest BCUT2D eigenvalue weighted by Crippen LogP contribution is 2.25. The predicted octanol–water partition coefficient (Wildman–Crippen LogP) is 2.97. The Hall–Kier alpha value is -2.38. The first kappa shape index (κ1) is 20.4. The Kier molecular flexibility index (Phi) is 6.36. The molecule has 1 unspecified atom stereocenters. The van der Waals surface area contributed by atoms with E-state index in [9.17, 15) is 13.2 Å². The summed E-state index contributed by atoms with van der Waals surface area (Å²) in [5.41, 5.74) is 0.998. The zero-order valence-corrected chi connectivity index (χ0v) is 17.0. The van der Waals surface area contributed by atoms with Crippen LogP contribution in [-0.4, -0.2) is 38.8 Å². The van der Waals surface area contributed by atoms with Gasteiger partial charge in [0.25, 0.3) is 0 Å². The summed E-state index contributed by atoms with van der Waals surface area (Å²) >= 11 is 0. The minimum absolute atomic E-state index is 0.0277. The molecule has 0 aromatic heterocycles. The van der Waals surface area contributed by atoms with Gasteiger partial charge in [0.15, 0.2) is 0 Å². The van der Waals surface area contributed by atoms with Gasteiger partial charge in [-0.15, -0.1) is 0 Å². The van der Waals surface area contributed by atoms with Gasteiger partial charge in [0, 0.05) is 19.0 Å². The number of sulfonamides is 1. The van der Waals surface area contributed by atoms with E-state index >= 15 is 0 Å². The van der Waals surface area contributed by atoms with Crippen molar-refractivity contribution in [3.05, 3.63) is 60.2 Å². The lowest BCUT2D eigenvalue weighted by molar-refractivity contribution is -0.126. The third kappa shape index (κ3) is 4.54. The highest BCUT2D eigenvalue weighted by molar-refractivity contribution is 7.89. The van der Waals surface area contributed by atoms with Gasteiger partial charge in [0.2, 0.25) is 15.9 Å². The molecule has 150 valence electrons. The lowest BCUT2D eigenvalue weighted by Gasteiger charge is -2.31. The number of rotatable bonds is 6. The lowest BCUT2D eigenvalue weighted by atomic mass is 9.96. The Bertz CT molecular complexity index is 890. The number of methoxy groups -OCH3 is 1. The summed E-state index contributed by atoms with van der Waals surface area (Å²) in [6.45, 7) is 2.65. The number of nitrogens with one attached hydrogen (secondary N) is 1. The van der Waals surface area contributed by atoms with E-state index in [0.29, 0.717) is 30.8 Å². The Morgan fingerprint density at radius 1 is 1.07 bits per heavy atom. The van der Waals surface area contributed by atoms with E-state index in [1.165, 1.54) is 4.31 Å². The van der Waals surface area contributed by atoms with Crippen molar-refractivity contribution >= 4 is 15.9 Å². The van der Waals surface area contributed by atoms with Gasteiger partial charge in [-0.1, -0.05) is 30.3 Å². The molecule has 1 heterocycles. The Morgan fingerprint density at radius 2 is 1.68 bits per heavy atom. The van der Waals surface area contributed by atoms with Crippen LogP contribution in [0.5, 0.6) is 5.75 Å². The number of nitrogens with zero attached hydrogens (tertiary/aromatic N) is 1. The SMILES string of the molecule is COc1ccc(C(C)NC(=O)C2CCN(S(=O)(=O)c3ccccc3)CC2)cc1. The molecule has 0 spiro atoms. The fourth-order valence-corrected chi connectivity index (χ4v) is 4.90. The number of amides is 1. The first-order chi connectivity index (χ1) is 13.4. The molecule has 1 saturated heterocycles. The molecular weight excluding hydrogens is 376 g/mol. The molecule has 2 aromatic rings. The van der Waals surface area contributed by atoms with Crippen molar-refractivity contribution in [1.29, 1.82) is 0 Å². The Labute approximate surface area is 166 Å². The van der Waals surface area contributed by atoms with Crippen LogP contribution in [0.4, 0.5) is 0 Å². The fourth-order valence-electron chi connectivity index (χ4n) is 3.41. The maximum atomic E-state index is 12.7. The molecule has 0 saturated carbocycles. The summed E-state index contributed by atoms with van der Waals surface area (Å²) in [4.78, 5) is 12.9. The van der Waals surface area contributed by atoms with Crippen molar-refractivity contribution in [2.24, 2.45) is 5.92 Å². The minimum Gasteiger partial charge on any atom is -0.497 e. The van der Waals surface area contributed by atoms with Gasteiger partial charge >= 0.3 is 0 Å². The van der Waals surface area contributed by atoms with Crippen LogP contribution >= 0.6 is 0 Å². The molecule has 1 aliphatic heterocycles. The quantitative estimate of drug-likeness (QED) is 0.806.